The molecule has 0 aromatic heterocycles. The van der Waals surface area contributed by atoms with Gasteiger partial charge in [-0.25, -0.2) is 4.39 Å². The normalized spacial score (nSPS) is 11.0. The molecule has 150 valence electrons. The molecule has 1 amide bonds. The highest BCUT2D eigenvalue weighted by Crippen LogP contribution is 2.32. The van der Waals surface area contributed by atoms with Crippen LogP contribution in [0.5, 0.6) is 0 Å². The average molecular weight is 385 g/mol. The Hall–Kier alpha value is -2.69. The average Bonchev–Trinajstić information content (AvgIpc) is 2.65. The van der Waals surface area contributed by atoms with Crippen molar-refractivity contribution in [2.45, 2.75) is 52.4 Å². The number of aryl methyl sites for hydroxylation is 1. The number of ether oxygens (including phenoxy) is 1. The molecule has 0 spiro atoms. The molecule has 4 nitrogen and oxygen atoms in total. The standard InChI is InChI=1S/C23H28FNO3/c1-15(2)19-6-5-7-20(16(3)4)23(19)25-21(26)14-28-22(27)13-10-17-8-11-18(24)12-9-17/h5-9,11-12,15-16H,10,13-14H2,1-4H3,(H,25,26). The SMILES string of the molecule is CC(C)c1cccc(C(C)C)c1NC(=O)COC(=O)CCc1ccc(F)cc1. The summed E-state index contributed by atoms with van der Waals surface area (Å²) in [6, 6.07) is 12.0. The van der Waals surface area contributed by atoms with Crippen molar-refractivity contribution in [1.29, 1.82) is 0 Å². The number of hydrogen-bond donors (Lipinski definition) is 1. The zero-order valence-corrected chi connectivity index (χ0v) is 16.9. The second-order valence-corrected chi connectivity index (χ2v) is 7.46. The van der Waals surface area contributed by atoms with Gasteiger partial charge in [-0.1, -0.05) is 58.0 Å². The number of anilines is 1. The quantitative estimate of drug-likeness (QED) is 0.637. The molecule has 0 heterocycles. The second kappa shape index (κ2) is 10.0. The smallest absolute Gasteiger partial charge is 0.306 e. The third-order valence-corrected chi connectivity index (χ3v) is 4.53. The lowest BCUT2D eigenvalue weighted by Crippen LogP contribution is -2.22. The summed E-state index contributed by atoms with van der Waals surface area (Å²) in [5.41, 5.74) is 3.76. The monoisotopic (exact) mass is 385 g/mol. The van der Waals surface area contributed by atoms with E-state index in [0.717, 1.165) is 22.4 Å². The molecule has 1 N–H and O–H groups in total. The molecule has 0 saturated heterocycles. The summed E-state index contributed by atoms with van der Waals surface area (Å²) < 4.78 is 18.0. The summed E-state index contributed by atoms with van der Waals surface area (Å²) >= 11 is 0. The van der Waals surface area contributed by atoms with Gasteiger partial charge >= 0.3 is 5.97 Å². The fourth-order valence-electron chi connectivity index (χ4n) is 2.99. The summed E-state index contributed by atoms with van der Waals surface area (Å²) in [4.78, 5) is 24.3. The minimum Gasteiger partial charge on any atom is -0.456 e. The molecule has 28 heavy (non-hydrogen) atoms. The molecular weight excluding hydrogens is 357 g/mol. The predicted molar refractivity (Wildman–Crippen MR) is 109 cm³/mol. The van der Waals surface area contributed by atoms with Crippen molar-refractivity contribution in [1.82, 2.24) is 0 Å². The Balaban J connectivity index is 1.91. The van der Waals surface area contributed by atoms with Gasteiger partial charge in [-0.3, -0.25) is 9.59 Å². The van der Waals surface area contributed by atoms with E-state index in [1.807, 2.05) is 18.2 Å². The van der Waals surface area contributed by atoms with Gasteiger partial charge in [-0.05, 0) is 47.1 Å². The number of hydrogen-bond acceptors (Lipinski definition) is 3. The number of rotatable bonds is 8. The molecule has 2 aromatic rings. The lowest BCUT2D eigenvalue weighted by atomic mass is 9.92. The number of amides is 1. The summed E-state index contributed by atoms with van der Waals surface area (Å²) in [6.07, 6.45) is 0.577. The van der Waals surface area contributed by atoms with Crippen LogP contribution in [0.1, 0.15) is 62.6 Å². The Bertz CT molecular complexity index is 787. The van der Waals surface area contributed by atoms with E-state index in [2.05, 4.69) is 33.0 Å². The summed E-state index contributed by atoms with van der Waals surface area (Å²) in [6.45, 7) is 7.97. The molecule has 0 unspecified atom stereocenters. The molecule has 0 aliphatic rings. The van der Waals surface area contributed by atoms with Crippen molar-refractivity contribution in [2.24, 2.45) is 0 Å². The van der Waals surface area contributed by atoms with Crippen molar-refractivity contribution in [3.05, 3.63) is 65.0 Å². The molecule has 0 bridgehead atoms. The zero-order valence-electron chi connectivity index (χ0n) is 16.9. The minimum absolute atomic E-state index is 0.138. The predicted octanol–water partition coefficient (Wildman–Crippen LogP) is 5.19. The Morgan fingerprint density at radius 1 is 0.964 bits per heavy atom. The van der Waals surface area contributed by atoms with E-state index in [-0.39, 0.29) is 36.6 Å². The van der Waals surface area contributed by atoms with Crippen molar-refractivity contribution >= 4 is 17.6 Å². The topological polar surface area (TPSA) is 55.4 Å². The van der Waals surface area contributed by atoms with Crippen LogP contribution in [0.15, 0.2) is 42.5 Å². The third kappa shape index (κ3) is 6.19. The van der Waals surface area contributed by atoms with Gasteiger partial charge in [0.05, 0.1) is 0 Å². The van der Waals surface area contributed by atoms with Crippen LogP contribution in [0.25, 0.3) is 0 Å². The minimum atomic E-state index is -0.458. The van der Waals surface area contributed by atoms with Crippen molar-refractivity contribution in [3.63, 3.8) is 0 Å². The Morgan fingerprint density at radius 3 is 2.07 bits per heavy atom. The van der Waals surface area contributed by atoms with Crippen LogP contribution in [0.4, 0.5) is 10.1 Å². The van der Waals surface area contributed by atoms with Crippen LogP contribution in [-0.2, 0) is 20.7 Å². The second-order valence-electron chi connectivity index (χ2n) is 7.46. The van der Waals surface area contributed by atoms with Crippen LogP contribution in [0.2, 0.25) is 0 Å². The molecule has 0 fully saturated rings. The maximum Gasteiger partial charge on any atom is 0.306 e. The van der Waals surface area contributed by atoms with Gasteiger partial charge in [0.15, 0.2) is 6.61 Å². The fourth-order valence-corrected chi connectivity index (χ4v) is 2.99. The van der Waals surface area contributed by atoms with E-state index in [1.54, 1.807) is 12.1 Å². The lowest BCUT2D eigenvalue weighted by molar-refractivity contribution is -0.147. The summed E-state index contributed by atoms with van der Waals surface area (Å²) in [5, 5.41) is 2.92. The Morgan fingerprint density at radius 2 is 1.54 bits per heavy atom. The first kappa shape index (κ1) is 21.6. The van der Waals surface area contributed by atoms with Gasteiger partial charge in [0.1, 0.15) is 5.82 Å². The van der Waals surface area contributed by atoms with Crippen LogP contribution >= 0.6 is 0 Å². The van der Waals surface area contributed by atoms with Gasteiger partial charge in [-0.15, -0.1) is 0 Å². The first-order chi connectivity index (χ1) is 13.3. The molecule has 2 rings (SSSR count). The third-order valence-electron chi connectivity index (χ3n) is 4.53. The number of nitrogens with one attached hydrogen (secondary N) is 1. The molecule has 2 aromatic carbocycles. The van der Waals surface area contributed by atoms with Crippen LogP contribution < -0.4 is 5.32 Å². The summed E-state index contributed by atoms with van der Waals surface area (Å²) in [7, 11) is 0. The number of esters is 1. The van der Waals surface area contributed by atoms with Crippen molar-refractivity contribution < 1.29 is 18.7 Å². The molecule has 0 atom stereocenters. The maximum atomic E-state index is 12.9. The Labute approximate surface area is 166 Å². The van der Waals surface area contributed by atoms with E-state index in [0.29, 0.717) is 6.42 Å². The number of halogens is 1. The molecule has 0 aliphatic carbocycles. The highest BCUT2D eigenvalue weighted by atomic mass is 19.1. The van der Waals surface area contributed by atoms with E-state index in [9.17, 15) is 14.0 Å². The van der Waals surface area contributed by atoms with E-state index < -0.39 is 5.97 Å². The van der Waals surface area contributed by atoms with E-state index >= 15 is 0 Å². The van der Waals surface area contributed by atoms with Gasteiger partial charge in [0.2, 0.25) is 0 Å². The zero-order chi connectivity index (χ0) is 20.7. The summed E-state index contributed by atoms with van der Waals surface area (Å²) in [5.74, 6) is -0.615. The fraction of sp³-hybridized carbons (Fsp3) is 0.391. The Kier molecular flexibility index (Phi) is 7.73. The number of carbonyl (C=O) groups is 2. The van der Waals surface area contributed by atoms with Crippen LogP contribution in [0.3, 0.4) is 0 Å². The first-order valence-corrected chi connectivity index (χ1v) is 9.60. The van der Waals surface area contributed by atoms with Crippen LogP contribution in [-0.4, -0.2) is 18.5 Å². The van der Waals surface area contributed by atoms with Crippen molar-refractivity contribution in [3.8, 4) is 0 Å². The highest BCUT2D eigenvalue weighted by Gasteiger charge is 2.16. The van der Waals surface area contributed by atoms with Gasteiger partial charge in [-0.2, -0.15) is 0 Å². The molecule has 0 aliphatic heterocycles. The molecular formula is C23H28FNO3. The van der Waals surface area contributed by atoms with E-state index in [4.69, 9.17) is 4.74 Å². The highest BCUT2D eigenvalue weighted by molar-refractivity contribution is 5.94. The van der Waals surface area contributed by atoms with Gasteiger partial charge in [0, 0.05) is 12.1 Å². The van der Waals surface area contributed by atoms with Crippen LogP contribution in [0, 0.1) is 5.82 Å². The number of carbonyl (C=O) groups excluding carboxylic acids is 2. The van der Waals surface area contributed by atoms with Crippen molar-refractivity contribution in [2.75, 3.05) is 11.9 Å². The molecule has 0 saturated carbocycles. The molecule has 5 heteroatoms. The lowest BCUT2D eigenvalue weighted by Gasteiger charge is -2.20. The van der Waals surface area contributed by atoms with E-state index in [1.165, 1.54) is 12.1 Å². The van der Waals surface area contributed by atoms with Gasteiger partial charge < -0.3 is 10.1 Å². The first-order valence-electron chi connectivity index (χ1n) is 9.60. The molecule has 0 radical (unpaired) electrons. The largest absolute Gasteiger partial charge is 0.456 e. The maximum absolute atomic E-state index is 12.9. The number of para-hydroxylation sites is 1. The number of benzene rings is 2. The van der Waals surface area contributed by atoms with Gasteiger partial charge in [0.25, 0.3) is 5.91 Å².